The molecule has 0 atom stereocenters. The van der Waals surface area contributed by atoms with E-state index in [0.29, 0.717) is 32.5 Å². The summed E-state index contributed by atoms with van der Waals surface area (Å²) >= 11 is 0. The van der Waals surface area contributed by atoms with Crippen LogP contribution in [-0.4, -0.2) is 59.0 Å². The molecular weight excluding hydrogens is 438 g/mol. The predicted octanol–water partition coefficient (Wildman–Crippen LogP) is 4.38. The molecule has 6 nitrogen and oxygen atoms in total. The maximum atomic E-state index is 13.4. The van der Waals surface area contributed by atoms with Crippen LogP contribution in [0.2, 0.25) is 0 Å². The van der Waals surface area contributed by atoms with Crippen LogP contribution < -0.4 is 0 Å². The van der Waals surface area contributed by atoms with E-state index in [4.69, 9.17) is 4.74 Å². The maximum absolute atomic E-state index is 13.4. The highest BCUT2D eigenvalue weighted by atomic mass is 16.5. The Labute approximate surface area is 209 Å². The second-order valence-corrected chi connectivity index (χ2v) is 9.02. The Morgan fingerprint density at radius 1 is 0.886 bits per heavy atom. The van der Waals surface area contributed by atoms with Crippen LogP contribution in [0.4, 0.5) is 0 Å². The van der Waals surface area contributed by atoms with Crippen molar-refractivity contribution in [3.8, 4) is 0 Å². The van der Waals surface area contributed by atoms with Crippen molar-refractivity contribution in [1.82, 2.24) is 14.4 Å². The summed E-state index contributed by atoms with van der Waals surface area (Å²) in [5.41, 5.74) is 3.37. The second kappa shape index (κ2) is 13.5. The van der Waals surface area contributed by atoms with Gasteiger partial charge in [-0.2, -0.15) is 0 Å². The molecule has 0 aliphatic heterocycles. The quantitative estimate of drug-likeness (QED) is 0.369. The van der Waals surface area contributed by atoms with E-state index >= 15 is 0 Å². The maximum Gasteiger partial charge on any atom is 0.242 e. The van der Waals surface area contributed by atoms with Gasteiger partial charge in [0.2, 0.25) is 11.8 Å². The first-order valence-corrected chi connectivity index (χ1v) is 12.3. The van der Waals surface area contributed by atoms with Gasteiger partial charge in [0.15, 0.2) is 0 Å². The molecule has 0 aliphatic carbocycles. The number of rotatable bonds is 13. The minimum absolute atomic E-state index is 0.00338. The Morgan fingerprint density at radius 2 is 1.54 bits per heavy atom. The van der Waals surface area contributed by atoms with E-state index in [2.05, 4.69) is 16.7 Å². The Kier molecular flexibility index (Phi) is 10.1. The van der Waals surface area contributed by atoms with Crippen LogP contribution in [0, 0.1) is 0 Å². The minimum atomic E-state index is -0.0729. The smallest absolute Gasteiger partial charge is 0.242 e. The number of aryl methyl sites for hydroxylation is 1. The van der Waals surface area contributed by atoms with Gasteiger partial charge in [-0.25, -0.2) is 0 Å². The number of amides is 2. The topological polar surface area (TPSA) is 54.8 Å². The standard InChI is InChI=1S/C29H37N3O3/c1-24(2)32(28(33)17-16-25-11-6-4-7-12-25)23-29(34)31(19-20-35-3)22-27-15-10-18-30(27)21-26-13-8-5-9-14-26/h4-15,18,24H,16-17,19-23H2,1-3H3. The number of aromatic nitrogens is 1. The molecule has 186 valence electrons. The van der Waals surface area contributed by atoms with Crippen LogP contribution in [0.1, 0.15) is 37.1 Å². The molecule has 0 bridgehead atoms. The summed E-state index contributed by atoms with van der Waals surface area (Å²) in [4.78, 5) is 29.9. The number of carbonyl (C=O) groups is 2. The van der Waals surface area contributed by atoms with Gasteiger partial charge in [-0.15, -0.1) is 0 Å². The molecule has 2 aromatic carbocycles. The summed E-state index contributed by atoms with van der Waals surface area (Å²) in [6, 6.07) is 24.2. The molecule has 0 fully saturated rings. The van der Waals surface area contributed by atoms with Gasteiger partial charge in [0.05, 0.1) is 19.7 Å². The molecule has 0 saturated heterocycles. The van der Waals surface area contributed by atoms with Crippen LogP contribution in [0.25, 0.3) is 0 Å². The Balaban J connectivity index is 1.67. The van der Waals surface area contributed by atoms with E-state index in [1.54, 1.807) is 16.9 Å². The zero-order chi connectivity index (χ0) is 25.0. The molecule has 0 aliphatic rings. The highest BCUT2D eigenvalue weighted by Crippen LogP contribution is 2.13. The fourth-order valence-corrected chi connectivity index (χ4v) is 4.06. The van der Waals surface area contributed by atoms with Crippen LogP contribution in [-0.2, 0) is 33.8 Å². The number of hydrogen-bond acceptors (Lipinski definition) is 3. The summed E-state index contributed by atoms with van der Waals surface area (Å²) in [5, 5.41) is 0. The molecule has 35 heavy (non-hydrogen) atoms. The third-order valence-electron chi connectivity index (χ3n) is 6.11. The monoisotopic (exact) mass is 475 g/mol. The lowest BCUT2D eigenvalue weighted by Gasteiger charge is -2.30. The molecule has 3 rings (SSSR count). The number of ether oxygens (including phenoxy) is 1. The van der Waals surface area contributed by atoms with Gasteiger partial charge in [-0.05, 0) is 43.5 Å². The van der Waals surface area contributed by atoms with Gasteiger partial charge >= 0.3 is 0 Å². The molecule has 2 amide bonds. The van der Waals surface area contributed by atoms with Gasteiger partial charge in [0.25, 0.3) is 0 Å². The zero-order valence-corrected chi connectivity index (χ0v) is 21.1. The molecule has 1 heterocycles. The van der Waals surface area contributed by atoms with Crippen molar-refractivity contribution < 1.29 is 14.3 Å². The Hall–Kier alpha value is -3.38. The summed E-state index contributed by atoms with van der Waals surface area (Å²) in [5.74, 6) is -0.0763. The fraction of sp³-hybridized carbons (Fsp3) is 0.379. The Bertz CT molecular complexity index is 1050. The van der Waals surface area contributed by atoms with Gasteiger partial charge in [0.1, 0.15) is 0 Å². The number of hydrogen-bond donors (Lipinski definition) is 0. The van der Waals surface area contributed by atoms with Crippen LogP contribution in [0.3, 0.4) is 0 Å². The first kappa shape index (κ1) is 26.2. The first-order valence-electron chi connectivity index (χ1n) is 12.3. The molecule has 0 spiro atoms. The van der Waals surface area contributed by atoms with Crippen LogP contribution >= 0.6 is 0 Å². The summed E-state index contributed by atoms with van der Waals surface area (Å²) in [7, 11) is 1.63. The zero-order valence-electron chi connectivity index (χ0n) is 21.1. The van der Waals surface area contributed by atoms with Crippen molar-refractivity contribution in [1.29, 1.82) is 0 Å². The molecule has 0 saturated carbocycles. The lowest BCUT2D eigenvalue weighted by atomic mass is 10.1. The molecule has 0 unspecified atom stereocenters. The summed E-state index contributed by atoms with van der Waals surface area (Å²) in [6.45, 7) is 6.09. The fourth-order valence-electron chi connectivity index (χ4n) is 4.06. The average Bonchev–Trinajstić information content (AvgIpc) is 3.30. The van der Waals surface area contributed by atoms with Crippen LogP contribution in [0.5, 0.6) is 0 Å². The number of methoxy groups -OCH3 is 1. The molecule has 0 N–H and O–H groups in total. The van der Waals surface area contributed by atoms with E-state index in [9.17, 15) is 9.59 Å². The highest BCUT2D eigenvalue weighted by Gasteiger charge is 2.24. The van der Waals surface area contributed by atoms with E-state index in [-0.39, 0.29) is 24.4 Å². The molecule has 6 heteroatoms. The lowest BCUT2D eigenvalue weighted by Crippen LogP contribution is -2.46. The van der Waals surface area contributed by atoms with E-state index in [1.807, 2.05) is 80.7 Å². The average molecular weight is 476 g/mol. The van der Waals surface area contributed by atoms with Crippen molar-refractivity contribution in [2.24, 2.45) is 0 Å². The molecular formula is C29H37N3O3. The molecule has 3 aromatic rings. The second-order valence-electron chi connectivity index (χ2n) is 9.02. The van der Waals surface area contributed by atoms with Gasteiger partial charge in [-0.1, -0.05) is 60.7 Å². The van der Waals surface area contributed by atoms with E-state index < -0.39 is 0 Å². The van der Waals surface area contributed by atoms with Crippen molar-refractivity contribution in [2.45, 2.75) is 45.8 Å². The van der Waals surface area contributed by atoms with Gasteiger partial charge in [0, 0.05) is 44.6 Å². The van der Waals surface area contributed by atoms with E-state index in [1.165, 1.54) is 5.56 Å². The van der Waals surface area contributed by atoms with Crippen molar-refractivity contribution in [2.75, 3.05) is 26.8 Å². The summed E-state index contributed by atoms with van der Waals surface area (Å²) in [6.07, 6.45) is 3.08. The molecule has 0 radical (unpaired) electrons. The minimum Gasteiger partial charge on any atom is -0.383 e. The third kappa shape index (κ3) is 8.11. The summed E-state index contributed by atoms with van der Waals surface area (Å²) < 4.78 is 7.43. The normalized spacial score (nSPS) is 11.0. The number of nitrogens with zero attached hydrogens (tertiary/aromatic N) is 3. The number of benzene rings is 2. The van der Waals surface area contributed by atoms with Gasteiger partial charge < -0.3 is 19.1 Å². The first-order chi connectivity index (χ1) is 17.0. The number of carbonyl (C=O) groups excluding carboxylic acids is 2. The lowest BCUT2D eigenvalue weighted by molar-refractivity contribution is -0.142. The molecule has 1 aromatic heterocycles. The Morgan fingerprint density at radius 3 is 2.17 bits per heavy atom. The van der Waals surface area contributed by atoms with Crippen molar-refractivity contribution >= 4 is 11.8 Å². The highest BCUT2D eigenvalue weighted by molar-refractivity contribution is 5.85. The SMILES string of the molecule is COCCN(Cc1cccn1Cc1ccccc1)C(=O)CN(C(=O)CCc1ccccc1)C(C)C. The van der Waals surface area contributed by atoms with Crippen molar-refractivity contribution in [3.05, 3.63) is 95.8 Å². The van der Waals surface area contributed by atoms with Crippen molar-refractivity contribution in [3.63, 3.8) is 0 Å². The largest absolute Gasteiger partial charge is 0.383 e. The predicted molar refractivity (Wildman–Crippen MR) is 139 cm³/mol. The van der Waals surface area contributed by atoms with E-state index in [0.717, 1.165) is 17.8 Å². The van der Waals surface area contributed by atoms with Crippen LogP contribution in [0.15, 0.2) is 79.0 Å². The third-order valence-corrected chi connectivity index (χ3v) is 6.11. The van der Waals surface area contributed by atoms with Gasteiger partial charge in [-0.3, -0.25) is 9.59 Å².